The van der Waals surface area contributed by atoms with Crippen molar-refractivity contribution < 1.29 is 18.7 Å². The van der Waals surface area contributed by atoms with E-state index >= 15 is 0 Å². The van der Waals surface area contributed by atoms with Crippen molar-refractivity contribution in [3.8, 4) is 10.6 Å². The minimum absolute atomic E-state index is 0.118. The molecule has 7 heteroatoms. The molecule has 0 atom stereocenters. The molecule has 4 rings (SSSR count). The third-order valence-corrected chi connectivity index (χ3v) is 5.92. The van der Waals surface area contributed by atoms with Crippen LogP contribution in [0.15, 0.2) is 42.5 Å². The van der Waals surface area contributed by atoms with E-state index in [2.05, 4.69) is 4.98 Å². The third kappa shape index (κ3) is 3.18. The van der Waals surface area contributed by atoms with Gasteiger partial charge in [-0.3, -0.25) is 4.79 Å². The van der Waals surface area contributed by atoms with Gasteiger partial charge in [-0.2, -0.15) is 0 Å². The largest absolute Gasteiger partial charge is 0.465 e. The maximum atomic E-state index is 13.2. The molecule has 0 bridgehead atoms. The first-order valence-electron chi connectivity index (χ1n) is 8.74. The Hall–Kier alpha value is -3.06. The molecule has 3 aromatic rings. The fourth-order valence-corrected chi connectivity index (χ4v) is 4.31. The molecule has 0 fully saturated rings. The highest BCUT2D eigenvalue weighted by Crippen LogP contribution is 2.34. The van der Waals surface area contributed by atoms with Crippen LogP contribution < -0.4 is 4.90 Å². The van der Waals surface area contributed by atoms with Crippen LogP contribution in [0.5, 0.6) is 0 Å². The van der Waals surface area contributed by atoms with Crippen LogP contribution in [0.25, 0.3) is 10.6 Å². The van der Waals surface area contributed by atoms with Gasteiger partial charge < -0.3 is 9.64 Å². The number of benzene rings is 2. The van der Waals surface area contributed by atoms with Gasteiger partial charge in [-0.25, -0.2) is 14.2 Å². The lowest BCUT2D eigenvalue weighted by Crippen LogP contribution is -2.28. The SMILES string of the molecule is COC(=O)c1ccc2c(c1)CCN2C(=O)c1sc(-c2ccc(F)cc2)nc1C. The van der Waals surface area contributed by atoms with Crippen molar-refractivity contribution in [1.29, 1.82) is 0 Å². The molecule has 1 amide bonds. The zero-order chi connectivity index (χ0) is 19.8. The lowest BCUT2D eigenvalue weighted by molar-refractivity contribution is 0.0600. The number of halogens is 1. The van der Waals surface area contributed by atoms with E-state index < -0.39 is 5.97 Å². The van der Waals surface area contributed by atoms with Crippen molar-refractivity contribution in [2.24, 2.45) is 0 Å². The van der Waals surface area contributed by atoms with Gasteiger partial charge in [0.05, 0.1) is 18.4 Å². The van der Waals surface area contributed by atoms with Gasteiger partial charge in [0.15, 0.2) is 0 Å². The lowest BCUT2D eigenvalue weighted by atomic mass is 10.1. The van der Waals surface area contributed by atoms with Gasteiger partial charge in [-0.05, 0) is 61.4 Å². The number of hydrogen-bond donors (Lipinski definition) is 0. The van der Waals surface area contributed by atoms with Crippen LogP contribution in [0.1, 0.15) is 31.3 Å². The van der Waals surface area contributed by atoms with Crippen LogP contribution >= 0.6 is 11.3 Å². The van der Waals surface area contributed by atoms with E-state index in [9.17, 15) is 14.0 Å². The number of amides is 1. The molecule has 28 heavy (non-hydrogen) atoms. The van der Waals surface area contributed by atoms with Crippen molar-refractivity contribution in [2.45, 2.75) is 13.3 Å². The summed E-state index contributed by atoms with van der Waals surface area (Å²) in [5.41, 5.74) is 3.64. The Labute approximate surface area is 165 Å². The van der Waals surface area contributed by atoms with E-state index in [4.69, 9.17) is 4.74 Å². The van der Waals surface area contributed by atoms with E-state index in [0.717, 1.165) is 16.8 Å². The average molecular weight is 396 g/mol. The summed E-state index contributed by atoms with van der Waals surface area (Å²) in [6.45, 7) is 2.34. The second kappa shape index (κ2) is 7.16. The first-order chi connectivity index (χ1) is 13.5. The quantitative estimate of drug-likeness (QED) is 0.621. The maximum absolute atomic E-state index is 13.2. The second-order valence-electron chi connectivity index (χ2n) is 6.48. The number of aromatic nitrogens is 1. The van der Waals surface area contributed by atoms with E-state index in [1.54, 1.807) is 42.2 Å². The minimum atomic E-state index is -0.394. The van der Waals surface area contributed by atoms with Gasteiger partial charge in [0.25, 0.3) is 5.91 Å². The van der Waals surface area contributed by atoms with Crippen molar-refractivity contribution in [1.82, 2.24) is 4.98 Å². The summed E-state index contributed by atoms with van der Waals surface area (Å²) in [5.74, 6) is -0.823. The number of fused-ring (bicyclic) bond motifs is 1. The maximum Gasteiger partial charge on any atom is 0.337 e. The first-order valence-corrected chi connectivity index (χ1v) is 9.56. The summed E-state index contributed by atoms with van der Waals surface area (Å²) >= 11 is 1.30. The number of ether oxygens (including phenoxy) is 1. The standard InChI is InChI=1S/C21H17FN2O3S/c1-12-18(28-19(23-12)13-3-6-16(22)7-4-13)20(25)24-10-9-14-11-15(21(26)27-2)5-8-17(14)24/h3-8,11H,9-10H2,1-2H3. The Morgan fingerprint density at radius 2 is 1.93 bits per heavy atom. The van der Waals surface area contributed by atoms with Gasteiger partial charge in [-0.1, -0.05) is 0 Å². The normalized spacial score (nSPS) is 12.8. The number of esters is 1. The fourth-order valence-electron chi connectivity index (χ4n) is 3.29. The minimum Gasteiger partial charge on any atom is -0.465 e. The molecule has 0 radical (unpaired) electrons. The topological polar surface area (TPSA) is 59.5 Å². The zero-order valence-electron chi connectivity index (χ0n) is 15.4. The first kappa shape index (κ1) is 18.3. The number of carbonyl (C=O) groups is 2. The fraction of sp³-hybridized carbons (Fsp3) is 0.190. The Bertz CT molecular complexity index is 1080. The number of aryl methyl sites for hydroxylation is 1. The Kier molecular flexibility index (Phi) is 4.68. The van der Waals surface area contributed by atoms with Crippen LogP contribution in [-0.4, -0.2) is 30.5 Å². The van der Waals surface area contributed by atoms with Crippen LogP contribution in [-0.2, 0) is 11.2 Å². The molecule has 142 valence electrons. The average Bonchev–Trinajstić information content (AvgIpc) is 3.30. The van der Waals surface area contributed by atoms with E-state index in [1.807, 2.05) is 0 Å². The molecule has 1 aliphatic heterocycles. The van der Waals surface area contributed by atoms with Crippen molar-refractivity contribution in [2.75, 3.05) is 18.6 Å². The molecular formula is C21H17FN2O3S. The molecule has 1 aromatic heterocycles. The molecule has 0 saturated carbocycles. The molecule has 0 spiro atoms. The summed E-state index contributed by atoms with van der Waals surface area (Å²) in [4.78, 5) is 31.6. The van der Waals surface area contributed by atoms with Crippen LogP contribution in [0.2, 0.25) is 0 Å². The number of methoxy groups -OCH3 is 1. The monoisotopic (exact) mass is 396 g/mol. The number of rotatable bonds is 3. The summed E-state index contributed by atoms with van der Waals surface area (Å²) < 4.78 is 17.9. The molecule has 0 unspecified atom stereocenters. The predicted octanol–water partition coefficient (Wildman–Crippen LogP) is 4.25. The summed E-state index contributed by atoms with van der Waals surface area (Å²) in [6.07, 6.45) is 0.675. The summed E-state index contributed by atoms with van der Waals surface area (Å²) in [7, 11) is 1.34. The second-order valence-corrected chi connectivity index (χ2v) is 7.48. The Morgan fingerprint density at radius 3 is 2.64 bits per heavy atom. The number of hydrogen-bond acceptors (Lipinski definition) is 5. The smallest absolute Gasteiger partial charge is 0.337 e. The molecule has 2 aromatic carbocycles. The van der Waals surface area contributed by atoms with Gasteiger partial charge in [-0.15, -0.1) is 11.3 Å². The predicted molar refractivity (Wildman–Crippen MR) is 105 cm³/mol. The van der Waals surface area contributed by atoms with Crippen molar-refractivity contribution >= 4 is 28.9 Å². The van der Waals surface area contributed by atoms with Crippen LogP contribution in [0, 0.1) is 12.7 Å². The highest BCUT2D eigenvalue weighted by atomic mass is 32.1. The van der Waals surface area contributed by atoms with E-state index in [0.29, 0.717) is 34.1 Å². The van der Waals surface area contributed by atoms with Crippen LogP contribution in [0.3, 0.4) is 0 Å². The van der Waals surface area contributed by atoms with Gasteiger partial charge in [0, 0.05) is 17.8 Å². The van der Waals surface area contributed by atoms with Gasteiger partial charge in [0.1, 0.15) is 15.7 Å². The molecule has 0 aliphatic carbocycles. The summed E-state index contributed by atoms with van der Waals surface area (Å²) in [5, 5.41) is 0.682. The molecule has 2 heterocycles. The zero-order valence-corrected chi connectivity index (χ0v) is 16.2. The number of carbonyl (C=O) groups excluding carboxylic acids is 2. The molecule has 0 N–H and O–H groups in total. The van der Waals surface area contributed by atoms with Gasteiger partial charge >= 0.3 is 5.97 Å². The molecular weight excluding hydrogens is 379 g/mol. The molecule has 1 aliphatic rings. The van der Waals surface area contributed by atoms with Crippen molar-refractivity contribution in [3.05, 3.63) is 70.0 Å². The molecule has 5 nitrogen and oxygen atoms in total. The van der Waals surface area contributed by atoms with E-state index in [1.165, 1.54) is 30.6 Å². The lowest BCUT2D eigenvalue weighted by Gasteiger charge is -2.16. The van der Waals surface area contributed by atoms with E-state index in [-0.39, 0.29) is 11.7 Å². The number of anilines is 1. The third-order valence-electron chi connectivity index (χ3n) is 4.72. The number of nitrogens with zero attached hydrogens (tertiary/aromatic N) is 2. The van der Waals surface area contributed by atoms with Gasteiger partial charge in [0.2, 0.25) is 0 Å². The summed E-state index contributed by atoms with van der Waals surface area (Å²) in [6, 6.07) is 11.3. The molecule has 0 saturated heterocycles. The Balaban J connectivity index is 1.63. The van der Waals surface area contributed by atoms with Crippen molar-refractivity contribution in [3.63, 3.8) is 0 Å². The highest BCUT2D eigenvalue weighted by molar-refractivity contribution is 7.17. The Morgan fingerprint density at radius 1 is 1.18 bits per heavy atom. The number of thiazole rings is 1. The van der Waals surface area contributed by atoms with Crippen LogP contribution in [0.4, 0.5) is 10.1 Å². The highest BCUT2D eigenvalue weighted by Gasteiger charge is 2.29.